The van der Waals surface area contributed by atoms with Crippen LogP contribution >= 0.6 is 0 Å². The molecule has 1 aromatic carbocycles. The van der Waals surface area contributed by atoms with E-state index >= 15 is 0 Å². The third-order valence-electron chi connectivity index (χ3n) is 4.47. The molecule has 1 atom stereocenters. The lowest BCUT2D eigenvalue weighted by atomic mass is 10.2. The molecule has 1 aromatic rings. The number of nitrogens with zero attached hydrogens (tertiary/aromatic N) is 2. The van der Waals surface area contributed by atoms with Gasteiger partial charge >= 0.3 is 0 Å². The summed E-state index contributed by atoms with van der Waals surface area (Å²) in [7, 11) is -3.75. The predicted octanol–water partition coefficient (Wildman–Crippen LogP) is 0.591. The Morgan fingerprint density at radius 3 is 2.62 bits per heavy atom. The summed E-state index contributed by atoms with van der Waals surface area (Å²) in [5.74, 6) is 0. The number of fused-ring (bicyclic) bond motifs is 1. The fourth-order valence-corrected chi connectivity index (χ4v) is 4.08. The highest BCUT2D eigenvalue weighted by molar-refractivity contribution is 7.89. The van der Waals surface area contributed by atoms with Crippen molar-refractivity contribution >= 4 is 21.4 Å². The van der Waals surface area contributed by atoms with Crippen LogP contribution in [0.3, 0.4) is 0 Å². The minimum atomic E-state index is -3.75. The zero-order chi connectivity index (χ0) is 15.0. The van der Waals surface area contributed by atoms with Gasteiger partial charge in [0.15, 0.2) is 0 Å². The molecule has 0 aliphatic carbocycles. The lowest BCUT2D eigenvalue weighted by Crippen LogP contribution is -2.36. The Kier molecular flexibility index (Phi) is 3.81. The Labute approximate surface area is 125 Å². The van der Waals surface area contributed by atoms with E-state index in [9.17, 15) is 8.42 Å². The highest BCUT2D eigenvalue weighted by atomic mass is 32.2. The monoisotopic (exact) mass is 310 g/mol. The van der Waals surface area contributed by atoms with E-state index in [1.54, 1.807) is 12.1 Å². The second-order valence-corrected chi connectivity index (χ2v) is 7.43. The predicted molar refractivity (Wildman–Crippen MR) is 83.7 cm³/mol. The maximum absolute atomic E-state index is 11.4. The largest absolute Gasteiger partial charge is 0.398 e. The van der Waals surface area contributed by atoms with Crippen LogP contribution in [0.5, 0.6) is 0 Å². The number of anilines is 2. The molecule has 21 heavy (non-hydrogen) atoms. The molecule has 2 fully saturated rings. The van der Waals surface area contributed by atoms with Gasteiger partial charge in [0, 0.05) is 31.4 Å². The fraction of sp³-hybridized carbons (Fsp3) is 0.571. The first-order valence-corrected chi connectivity index (χ1v) is 8.91. The quantitative estimate of drug-likeness (QED) is 0.780. The second-order valence-electron chi connectivity index (χ2n) is 5.90. The Hall–Kier alpha value is -1.31. The average molecular weight is 310 g/mol. The molecule has 0 saturated carbocycles. The molecule has 6 nitrogen and oxygen atoms in total. The number of hydrogen-bond acceptors (Lipinski definition) is 5. The third-order valence-corrected chi connectivity index (χ3v) is 5.45. The van der Waals surface area contributed by atoms with Crippen molar-refractivity contribution in [3.05, 3.63) is 18.2 Å². The normalized spacial score (nSPS) is 23.9. The summed E-state index contributed by atoms with van der Waals surface area (Å²) in [4.78, 5) is 4.87. The third kappa shape index (κ3) is 3.00. The number of sulfonamides is 1. The standard InChI is InChI=1S/C14H22N4O2S/c15-13-9-11(4-5-14(13)21(16,19)20)18-8-2-7-17-6-1-3-12(17)10-18/h4-5,9,12H,1-3,6-8,10,15H2,(H2,16,19,20). The van der Waals surface area contributed by atoms with E-state index in [1.807, 2.05) is 0 Å². The molecule has 2 saturated heterocycles. The van der Waals surface area contributed by atoms with E-state index < -0.39 is 10.0 Å². The van der Waals surface area contributed by atoms with E-state index in [0.717, 1.165) is 31.7 Å². The number of nitrogens with two attached hydrogens (primary N) is 2. The topological polar surface area (TPSA) is 92.7 Å². The molecule has 3 rings (SSSR count). The van der Waals surface area contributed by atoms with Crippen LogP contribution in [-0.4, -0.2) is 45.5 Å². The molecular weight excluding hydrogens is 288 g/mol. The molecule has 2 aliphatic heterocycles. The van der Waals surface area contributed by atoms with Crippen molar-refractivity contribution < 1.29 is 8.42 Å². The van der Waals surface area contributed by atoms with Crippen LogP contribution in [-0.2, 0) is 10.0 Å². The SMILES string of the molecule is Nc1cc(N2CCCN3CCCC3C2)ccc1S(N)(=O)=O. The van der Waals surface area contributed by atoms with Crippen LogP contribution in [0.2, 0.25) is 0 Å². The van der Waals surface area contributed by atoms with E-state index in [4.69, 9.17) is 10.9 Å². The zero-order valence-electron chi connectivity index (χ0n) is 12.0. The molecule has 0 amide bonds. The zero-order valence-corrected chi connectivity index (χ0v) is 12.8. The van der Waals surface area contributed by atoms with E-state index in [2.05, 4.69) is 9.80 Å². The Balaban J connectivity index is 1.85. The van der Waals surface area contributed by atoms with Gasteiger partial charge in [0.05, 0.1) is 5.69 Å². The minimum Gasteiger partial charge on any atom is -0.398 e. The molecule has 0 spiro atoms. The first kappa shape index (κ1) is 14.6. The molecule has 4 N–H and O–H groups in total. The number of rotatable bonds is 2. The van der Waals surface area contributed by atoms with Gasteiger partial charge in [-0.3, -0.25) is 4.90 Å². The van der Waals surface area contributed by atoms with Crippen molar-refractivity contribution in [2.24, 2.45) is 5.14 Å². The van der Waals surface area contributed by atoms with E-state index in [0.29, 0.717) is 6.04 Å². The molecule has 7 heteroatoms. The Morgan fingerprint density at radius 1 is 1.14 bits per heavy atom. The van der Waals surface area contributed by atoms with Gasteiger partial charge in [-0.2, -0.15) is 0 Å². The van der Waals surface area contributed by atoms with Gasteiger partial charge in [0.2, 0.25) is 10.0 Å². The average Bonchev–Trinajstić information content (AvgIpc) is 2.74. The molecule has 0 bridgehead atoms. The lowest BCUT2D eigenvalue weighted by Gasteiger charge is -2.27. The van der Waals surface area contributed by atoms with Crippen LogP contribution in [0.1, 0.15) is 19.3 Å². The second kappa shape index (κ2) is 5.47. The van der Waals surface area contributed by atoms with Crippen molar-refractivity contribution in [2.45, 2.75) is 30.2 Å². The van der Waals surface area contributed by atoms with Crippen molar-refractivity contribution in [2.75, 3.05) is 36.8 Å². The summed E-state index contributed by atoms with van der Waals surface area (Å²) in [6.07, 6.45) is 3.62. The summed E-state index contributed by atoms with van der Waals surface area (Å²) in [6.45, 7) is 4.30. The van der Waals surface area contributed by atoms with E-state index in [-0.39, 0.29) is 10.6 Å². The highest BCUT2D eigenvalue weighted by Crippen LogP contribution is 2.28. The van der Waals surface area contributed by atoms with Crippen molar-refractivity contribution in [3.63, 3.8) is 0 Å². The van der Waals surface area contributed by atoms with Crippen molar-refractivity contribution in [1.29, 1.82) is 0 Å². The van der Waals surface area contributed by atoms with Gasteiger partial charge in [-0.1, -0.05) is 0 Å². The lowest BCUT2D eigenvalue weighted by molar-refractivity contribution is 0.273. The molecule has 2 aliphatic rings. The maximum Gasteiger partial charge on any atom is 0.240 e. The van der Waals surface area contributed by atoms with Crippen LogP contribution in [0.15, 0.2) is 23.1 Å². The van der Waals surface area contributed by atoms with Crippen LogP contribution in [0.4, 0.5) is 11.4 Å². The van der Waals surface area contributed by atoms with Crippen molar-refractivity contribution in [1.82, 2.24) is 4.90 Å². The van der Waals surface area contributed by atoms with Gasteiger partial charge in [-0.15, -0.1) is 0 Å². The first-order valence-electron chi connectivity index (χ1n) is 7.36. The summed E-state index contributed by atoms with van der Waals surface area (Å²) < 4.78 is 22.8. The maximum atomic E-state index is 11.4. The number of hydrogen-bond donors (Lipinski definition) is 2. The minimum absolute atomic E-state index is 0.00330. The van der Waals surface area contributed by atoms with Gasteiger partial charge in [0.1, 0.15) is 4.90 Å². The molecular formula is C14H22N4O2S. The summed E-state index contributed by atoms with van der Waals surface area (Å²) in [5, 5.41) is 5.15. The van der Waals surface area contributed by atoms with Crippen LogP contribution < -0.4 is 15.8 Å². The number of nitrogen functional groups attached to an aromatic ring is 1. The fourth-order valence-electron chi connectivity index (χ4n) is 3.43. The molecule has 1 unspecified atom stereocenters. The Morgan fingerprint density at radius 2 is 1.90 bits per heavy atom. The molecule has 2 heterocycles. The smallest absolute Gasteiger partial charge is 0.240 e. The van der Waals surface area contributed by atoms with Crippen LogP contribution in [0.25, 0.3) is 0 Å². The number of benzene rings is 1. The molecule has 116 valence electrons. The van der Waals surface area contributed by atoms with Gasteiger partial charge in [-0.05, 0) is 44.0 Å². The number of primary sulfonamides is 1. The van der Waals surface area contributed by atoms with E-state index in [1.165, 1.54) is 25.5 Å². The molecule has 0 aromatic heterocycles. The summed E-state index contributed by atoms with van der Waals surface area (Å²) in [5.41, 5.74) is 7.07. The Bertz CT molecular complexity index is 632. The highest BCUT2D eigenvalue weighted by Gasteiger charge is 2.29. The van der Waals surface area contributed by atoms with Gasteiger partial charge in [0.25, 0.3) is 0 Å². The van der Waals surface area contributed by atoms with Gasteiger partial charge in [-0.25, -0.2) is 13.6 Å². The van der Waals surface area contributed by atoms with Crippen molar-refractivity contribution in [3.8, 4) is 0 Å². The summed E-state index contributed by atoms with van der Waals surface area (Å²) in [6, 6.07) is 5.65. The first-order chi connectivity index (χ1) is 9.95. The summed E-state index contributed by atoms with van der Waals surface area (Å²) >= 11 is 0. The molecule has 0 radical (unpaired) electrons. The van der Waals surface area contributed by atoms with Gasteiger partial charge < -0.3 is 10.6 Å². The van der Waals surface area contributed by atoms with Crippen LogP contribution in [0, 0.1) is 0 Å².